The van der Waals surface area contributed by atoms with Gasteiger partial charge in [-0.1, -0.05) is 0 Å². The lowest BCUT2D eigenvalue weighted by molar-refractivity contribution is -0.125. The van der Waals surface area contributed by atoms with Gasteiger partial charge in [0.15, 0.2) is 11.7 Å². The van der Waals surface area contributed by atoms with E-state index in [0.29, 0.717) is 19.4 Å². The normalized spacial score (nSPS) is 12.2. The number of rotatable bonds is 5. The average Bonchev–Trinajstić information content (AvgIpc) is 1.97. The number of aliphatic hydroxyl groups excluding tert-OH is 1. The molecular formula is C7H15N3O2. The highest BCUT2D eigenvalue weighted by atomic mass is 16.3. The molecule has 0 radical (unpaired) electrons. The summed E-state index contributed by atoms with van der Waals surface area (Å²) in [4.78, 5) is 14.2. The van der Waals surface area contributed by atoms with Crippen molar-refractivity contribution in [2.24, 2.45) is 16.5 Å². The number of ketones is 1. The van der Waals surface area contributed by atoms with Gasteiger partial charge in [0.2, 0.25) is 0 Å². The lowest BCUT2D eigenvalue weighted by atomic mass is 10.1. The molecule has 0 aliphatic carbocycles. The van der Waals surface area contributed by atoms with Crippen LogP contribution in [-0.2, 0) is 4.79 Å². The second kappa shape index (κ2) is 5.54. The Hall–Kier alpha value is -1.10. The predicted octanol–water partition coefficient (Wildman–Crippen LogP) is -1.01. The lowest BCUT2D eigenvalue weighted by Gasteiger charge is -2.03. The van der Waals surface area contributed by atoms with Crippen molar-refractivity contribution in [3.63, 3.8) is 0 Å². The number of aliphatic hydroxyl groups is 1. The zero-order valence-corrected chi connectivity index (χ0v) is 7.16. The summed E-state index contributed by atoms with van der Waals surface area (Å²) in [5, 5.41) is 9.03. The van der Waals surface area contributed by atoms with Crippen LogP contribution in [0.25, 0.3) is 0 Å². The highest BCUT2D eigenvalue weighted by molar-refractivity contribution is 5.80. The van der Waals surface area contributed by atoms with Crippen LogP contribution >= 0.6 is 0 Å². The summed E-state index contributed by atoms with van der Waals surface area (Å²) < 4.78 is 0. The Morgan fingerprint density at radius 2 is 2.17 bits per heavy atom. The number of carbonyl (C=O) groups excluding carboxylic acids is 1. The van der Waals surface area contributed by atoms with Gasteiger partial charge < -0.3 is 16.6 Å². The number of nitrogens with zero attached hydrogens (tertiary/aromatic N) is 1. The fourth-order valence-electron chi connectivity index (χ4n) is 0.696. The Kier molecular flexibility index (Phi) is 5.03. The third kappa shape index (κ3) is 5.67. The van der Waals surface area contributed by atoms with E-state index in [1.54, 1.807) is 0 Å². The Morgan fingerprint density at radius 1 is 1.58 bits per heavy atom. The van der Waals surface area contributed by atoms with Crippen molar-refractivity contribution >= 4 is 11.7 Å². The number of carbonyl (C=O) groups is 1. The summed E-state index contributed by atoms with van der Waals surface area (Å²) in [6.45, 7) is 1.80. The third-order valence-electron chi connectivity index (χ3n) is 1.40. The van der Waals surface area contributed by atoms with Gasteiger partial charge in [-0.25, -0.2) is 0 Å². The number of hydrogen-bond acceptors (Lipinski definition) is 3. The van der Waals surface area contributed by atoms with Gasteiger partial charge in [-0.2, -0.15) is 0 Å². The molecule has 0 aliphatic rings. The molecule has 1 unspecified atom stereocenters. The molecule has 0 heterocycles. The van der Waals surface area contributed by atoms with Crippen LogP contribution in [0.5, 0.6) is 0 Å². The molecule has 0 aliphatic heterocycles. The topological polar surface area (TPSA) is 102 Å². The summed E-state index contributed by atoms with van der Waals surface area (Å²) in [6.07, 6.45) is 0.143. The summed E-state index contributed by atoms with van der Waals surface area (Å²) in [5.41, 5.74) is 10.1. The van der Waals surface area contributed by atoms with E-state index < -0.39 is 6.10 Å². The molecule has 5 heteroatoms. The van der Waals surface area contributed by atoms with Crippen molar-refractivity contribution in [3.05, 3.63) is 0 Å². The van der Waals surface area contributed by atoms with Gasteiger partial charge in [0.1, 0.15) is 6.10 Å². The zero-order valence-electron chi connectivity index (χ0n) is 7.16. The van der Waals surface area contributed by atoms with E-state index >= 15 is 0 Å². The summed E-state index contributed by atoms with van der Waals surface area (Å²) >= 11 is 0. The first kappa shape index (κ1) is 10.9. The molecule has 0 saturated carbocycles. The van der Waals surface area contributed by atoms with Gasteiger partial charge >= 0.3 is 0 Å². The second-order valence-electron chi connectivity index (χ2n) is 2.58. The quantitative estimate of drug-likeness (QED) is 0.281. The maximum Gasteiger partial charge on any atom is 0.185 e. The van der Waals surface area contributed by atoms with E-state index in [2.05, 4.69) is 4.99 Å². The van der Waals surface area contributed by atoms with Crippen LogP contribution in [0, 0.1) is 0 Å². The molecule has 0 fully saturated rings. The van der Waals surface area contributed by atoms with Crippen molar-refractivity contribution in [3.8, 4) is 0 Å². The predicted molar refractivity (Wildman–Crippen MR) is 46.6 cm³/mol. The fraction of sp³-hybridized carbons (Fsp3) is 0.714. The number of hydrogen-bond donors (Lipinski definition) is 3. The molecule has 5 N–H and O–H groups in total. The van der Waals surface area contributed by atoms with Gasteiger partial charge in [0, 0.05) is 6.54 Å². The molecule has 0 rings (SSSR count). The van der Waals surface area contributed by atoms with E-state index in [4.69, 9.17) is 16.6 Å². The van der Waals surface area contributed by atoms with Crippen LogP contribution in [-0.4, -0.2) is 29.5 Å². The van der Waals surface area contributed by atoms with Crippen LogP contribution in [0.15, 0.2) is 4.99 Å². The molecule has 0 aromatic heterocycles. The smallest absolute Gasteiger partial charge is 0.185 e. The SMILES string of the molecule is CC(=O)C(O)CCCN=C(N)N. The van der Waals surface area contributed by atoms with E-state index in [9.17, 15) is 4.79 Å². The van der Waals surface area contributed by atoms with Gasteiger partial charge in [0.05, 0.1) is 0 Å². The third-order valence-corrected chi connectivity index (χ3v) is 1.40. The molecule has 0 aromatic carbocycles. The first-order chi connectivity index (χ1) is 5.54. The van der Waals surface area contributed by atoms with Gasteiger partial charge in [-0.05, 0) is 19.8 Å². The Labute approximate surface area is 71.5 Å². The molecular weight excluding hydrogens is 158 g/mol. The Balaban J connectivity index is 3.44. The fourth-order valence-corrected chi connectivity index (χ4v) is 0.696. The van der Waals surface area contributed by atoms with Crippen molar-refractivity contribution in [1.82, 2.24) is 0 Å². The Bertz CT molecular complexity index is 175. The highest BCUT2D eigenvalue weighted by Gasteiger charge is 2.07. The molecule has 0 aromatic rings. The van der Waals surface area contributed by atoms with Crippen molar-refractivity contribution in [1.29, 1.82) is 0 Å². The van der Waals surface area contributed by atoms with Crippen molar-refractivity contribution in [2.75, 3.05) is 6.54 Å². The minimum atomic E-state index is -0.876. The first-order valence-corrected chi connectivity index (χ1v) is 3.78. The maximum absolute atomic E-state index is 10.5. The van der Waals surface area contributed by atoms with Crippen LogP contribution in [0.2, 0.25) is 0 Å². The second-order valence-corrected chi connectivity index (χ2v) is 2.58. The zero-order chi connectivity index (χ0) is 9.56. The van der Waals surface area contributed by atoms with Crippen molar-refractivity contribution < 1.29 is 9.90 Å². The minimum Gasteiger partial charge on any atom is -0.385 e. The molecule has 0 saturated heterocycles. The Morgan fingerprint density at radius 3 is 2.58 bits per heavy atom. The molecule has 0 spiro atoms. The number of nitrogens with two attached hydrogens (primary N) is 2. The lowest BCUT2D eigenvalue weighted by Crippen LogP contribution is -2.23. The summed E-state index contributed by atoms with van der Waals surface area (Å²) in [7, 11) is 0. The van der Waals surface area contributed by atoms with E-state index in [0.717, 1.165) is 0 Å². The molecule has 0 bridgehead atoms. The highest BCUT2D eigenvalue weighted by Crippen LogP contribution is 1.97. The average molecular weight is 173 g/mol. The summed E-state index contributed by atoms with van der Waals surface area (Å²) in [6, 6.07) is 0. The molecule has 5 nitrogen and oxygen atoms in total. The van der Waals surface area contributed by atoms with Gasteiger partial charge in [-0.3, -0.25) is 9.79 Å². The van der Waals surface area contributed by atoms with Crippen LogP contribution in [0.4, 0.5) is 0 Å². The molecule has 70 valence electrons. The van der Waals surface area contributed by atoms with Gasteiger partial charge in [0.25, 0.3) is 0 Å². The molecule has 1 atom stereocenters. The summed E-state index contributed by atoms with van der Waals surface area (Å²) in [5.74, 6) is -0.188. The van der Waals surface area contributed by atoms with Crippen LogP contribution < -0.4 is 11.5 Å². The number of aliphatic imine (C=N–C) groups is 1. The standard InChI is InChI=1S/C7H15N3O2/c1-5(11)6(12)3-2-4-10-7(8)9/h6,12H,2-4H2,1H3,(H4,8,9,10). The number of guanidine groups is 1. The van der Waals surface area contributed by atoms with Crippen LogP contribution in [0.1, 0.15) is 19.8 Å². The monoisotopic (exact) mass is 173 g/mol. The minimum absolute atomic E-state index is 0.0346. The molecule has 12 heavy (non-hydrogen) atoms. The van der Waals surface area contributed by atoms with Gasteiger partial charge in [-0.15, -0.1) is 0 Å². The largest absolute Gasteiger partial charge is 0.385 e. The molecule has 0 amide bonds. The van der Waals surface area contributed by atoms with Crippen LogP contribution in [0.3, 0.4) is 0 Å². The number of Topliss-reactive ketones (excluding diaryl/α,β-unsaturated/α-hetero) is 1. The van der Waals surface area contributed by atoms with E-state index in [-0.39, 0.29) is 11.7 Å². The van der Waals surface area contributed by atoms with E-state index in [1.807, 2.05) is 0 Å². The van der Waals surface area contributed by atoms with Crippen molar-refractivity contribution in [2.45, 2.75) is 25.9 Å². The van der Waals surface area contributed by atoms with E-state index in [1.165, 1.54) is 6.92 Å². The maximum atomic E-state index is 10.5. The first-order valence-electron chi connectivity index (χ1n) is 3.78.